The van der Waals surface area contributed by atoms with E-state index in [-0.39, 0.29) is 35.7 Å². The molecule has 1 fully saturated rings. The first kappa shape index (κ1) is 28.8. The van der Waals surface area contributed by atoms with Crippen molar-refractivity contribution in [2.75, 3.05) is 11.9 Å². The molecule has 0 spiro atoms. The highest BCUT2D eigenvalue weighted by Crippen LogP contribution is 2.36. The highest BCUT2D eigenvalue weighted by Gasteiger charge is 2.34. The third-order valence-electron chi connectivity index (χ3n) is 5.98. The number of carbonyl (C=O) groups excluding carboxylic acids is 2. The first-order valence-corrected chi connectivity index (χ1v) is 13.9. The second-order valence-corrected chi connectivity index (χ2v) is 10.6. The number of hydrogen-bond acceptors (Lipinski definition) is 7. The zero-order valence-corrected chi connectivity index (χ0v) is 23.9. The molecular formula is C31H24ClFN4O4S. The predicted octanol–water partition coefficient (Wildman–Crippen LogP) is 6.90. The van der Waals surface area contributed by atoms with Crippen molar-refractivity contribution in [1.29, 1.82) is 0 Å². The summed E-state index contributed by atoms with van der Waals surface area (Å²) in [7, 11) is 0. The predicted molar refractivity (Wildman–Crippen MR) is 163 cm³/mol. The molecule has 0 saturated carbocycles. The van der Waals surface area contributed by atoms with Gasteiger partial charge in [-0.25, -0.2) is 4.39 Å². The van der Waals surface area contributed by atoms with Crippen LogP contribution in [-0.2, 0) is 16.1 Å². The van der Waals surface area contributed by atoms with Crippen molar-refractivity contribution in [2.45, 2.75) is 13.5 Å². The lowest BCUT2D eigenvalue weighted by atomic mass is 10.2. The Bertz CT molecular complexity index is 1690. The van der Waals surface area contributed by atoms with E-state index in [1.807, 2.05) is 31.2 Å². The standard InChI is InChI=1S/C31H24ClFN4O4S/c1-20-8-11-24(12-9-20)35-29(38)19-41-27-13-10-23(32)15-22(27)16-28-30(39)37(18-25-6-4-14-40-25)31(42-28)36-34-17-21-5-2-3-7-26(21)33/h2-17H,18-19H2,1H3,(H,35,38)/b28-16-,34-17-,36-31+. The number of nitrogens with one attached hydrogen (secondary N) is 1. The average Bonchev–Trinajstić information content (AvgIpc) is 3.59. The second kappa shape index (κ2) is 13.3. The molecule has 1 aliphatic heterocycles. The molecule has 8 nitrogen and oxygen atoms in total. The fraction of sp³-hybridized carbons (Fsp3) is 0.0968. The third kappa shape index (κ3) is 7.34. The molecule has 0 unspecified atom stereocenters. The molecule has 0 bridgehead atoms. The highest BCUT2D eigenvalue weighted by molar-refractivity contribution is 8.18. The first-order valence-electron chi connectivity index (χ1n) is 12.7. The third-order valence-corrected chi connectivity index (χ3v) is 7.21. The van der Waals surface area contributed by atoms with E-state index in [9.17, 15) is 14.0 Å². The van der Waals surface area contributed by atoms with Crippen molar-refractivity contribution in [2.24, 2.45) is 10.2 Å². The summed E-state index contributed by atoms with van der Waals surface area (Å²) < 4.78 is 25.3. The van der Waals surface area contributed by atoms with Crippen LogP contribution >= 0.6 is 23.4 Å². The zero-order valence-electron chi connectivity index (χ0n) is 22.3. The lowest BCUT2D eigenvalue weighted by molar-refractivity contribution is -0.122. The Labute approximate surface area is 250 Å². The van der Waals surface area contributed by atoms with Gasteiger partial charge in [0.15, 0.2) is 11.8 Å². The fourth-order valence-corrected chi connectivity index (χ4v) is 4.99. The molecule has 2 heterocycles. The monoisotopic (exact) mass is 602 g/mol. The number of aryl methyl sites for hydroxylation is 1. The topological polar surface area (TPSA) is 96.5 Å². The number of carbonyl (C=O) groups is 2. The molecule has 2 amide bonds. The molecule has 1 aromatic heterocycles. The van der Waals surface area contributed by atoms with Gasteiger partial charge in [0.2, 0.25) is 0 Å². The quantitative estimate of drug-likeness (QED) is 0.128. The van der Waals surface area contributed by atoms with E-state index in [0.717, 1.165) is 17.3 Å². The van der Waals surface area contributed by atoms with Crippen molar-refractivity contribution in [1.82, 2.24) is 4.90 Å². The van der Waals surface area contributed by atoms with Gasteiger partial charge in [0.25, 0.3) is 11.8 Å². The molecule has 1 saturated heterocycles. The molecule has 212 valence electrons. The van der Waals surface area contributed by atoms with Crippen molar-refractivity contribution in [3.8, 4) is 5.75 Å². The Balaban J connectivity index is 1.37. The van der Waals surface area contributed by atoms with Crippen LogP contribution in [0.2, 0.25) is 5.02 Å². The van der Waals surface area contributed by atoms with Crippen LogP contribution in [-0.4, -0.2) is 34.7 Å². The number of benzene rings is 3. The van der Waals surface area contributed by atoms with Gasteiger partial charge in [0.1, 0.15) is 17.3 Å². The van der Waals surface area contributed by atoms with Gasteiger partial charge in [0.05, 0.1) is 23.9 Å². The van der Waals surface area contributed by atoms with Crippen LogP contribution in [0.5, 0.6) is 5.75 Å². The van der Waals surface area contributed by atoms with E-state index in [2.05, 4.69) is 15.5 Å². The number of anilines is 1. The van der Waals surface area contributed by atoms with Crippen LogP contribution in [0.25, 0.3) is 6.08 Å². The lowest BCUT2D eigenvalue weighted by Gasteiger charge is -2.13. The Kier molecular flexibility index (Phi) is 9.15. The van der Waals surface area contributed by atoms with Crippen LogP contribution in [0.4, 0.5) is 10.1 Å². The molecule has 1 aliphatic rings. The molecular weight excluding hydrogens is 579 g/mol. The van der Waals surface area contributed by atoms with Crippen LogP contribution in [0, 0.1) is 12.7 Å². The van der Waals surface area contributed by atoms with Gasteiger partial charge in [0, 0.05) is 21.8 Å². The SMILES string of the molecule is Cc1ccc(NC(=O)COc2ccc(Cl)cc2/C=C2\S/C(=N/N=C\c3ccccc3F)N(Cc3ccco3)C2=O)cc1. The van der Waals surface area contributed by atoms with E-state index in [4.69, 9.17) is 20.8 Å². The molecule has 4 aromatic rings. The summed E-state index contributed by atoms with van der Waals surface area (Å²) in [5.41, 5.74) is 2.49. The summed E-state index contributed by atoms with van der Waals surface area (Å²) >= 11 is 7.35. The van der Waals surface area contributed by atoms with Gasteiger partial charge in [-0.05, 0) is 73.3 Å². The smallest absolute Gasteiger partial charge is 0.267 e. The second-order valence-electron chi connectivity index (χ2n) is 9.11. The molecule has 3 aromatic carbocycles. The molecule has 5 rings (SSSR count). The highest BCUT2D eigenvalue weighted by atomic mass is 35.5. The van der Waals surface area contributed by atoms with Gasteiger partial charge >= 0.3 is 0 Å². The number of thioether (sulfide) groups is 1. The Morgan fingerprint density at radius 3 is 2.67 bits per heavy atom. The van der Waals surface area contributed by atoms with E-state index in [1.54, 1.807) is 54.6 Å². The largest absolute Gasteiger partial charge is 0.483 e. The van der Waals surface area contributed by atoms with Crippen molar-refractivity contribution in [3.05, 3.63) is 123 Å². The van der Waals surface area contributed by atoms with Crippen molar-refractivity contribution >= 4 is 58.3 Å². The maximum atomic E-state index is 14.0. The minimum Gasteiger partial charge on any atom is -0.483 e. The van der Waals surface area contributed by atoms with Crippen molar-refractivity contribution < 1.29 is 23.1 Å². The number of amides is 2. The fourth-order valence-electron chi connectivity index (χ4n) is 3.88. The number of ether oxygens (including phenoxy) is 1. The number of hydrogen-bond donors (Lipinski definition) is 1. The van der Waals surface area contributed by atoms with Gasteiger partial charge in [-0.3, -0.25) is 14.5 Å². The lowest BCUT2D eigenvalue weighted by Crippen LogP contribution is -2.28. The van der Waals surface area contributed by atoms with Crippen LogP contribution in [0.15, 0.2) is 105 Å². The minimum absolute atomic E-state index is 0.113. The number of amidine groups is 1. The van der Waals surface area contributed by atoms with E-state index >= 15 is 0 Å². The van der Waals surface area contributed by atoms with E-state index in [0.29, 0.717) is 32.7 Å². The van der Waals surface area contributed by atoms with Gasteiger partial charge in [-0.15, -0.1) is 5.10 Å². The number of halogens is 2. The number of furan rings is 1. The summed E-state index contributed by atoms with van der Waals surface area (Å²) in [6.07, 6.45) is 4.41. The van der Waals surface area contributed by atoms with E-state index in [1.165, 1.54) is 23.4 Å². The van der Waals surface area contributed by atoms with E-state index < -0.39 is 5.82 Å². The van der Waals surface area contributed by atoms with Gasteiger partial charge in [-0.2, -0.15) is 5.10 Å². The molecule has 0 atom stereocenters. The first-order chi connectivity index (χ1) is 20.4. The summed E-state index contributed by atoms with van der Waals surface area (Å²) in [6.45, 7) is 1.82. The maximum Gasteiger partial charge on any atom is 0.267 e. The Hall–Kier alpha value is -4.67. The van der Waals surface area contributed by atoms with Gasteiger partial charge < -0.3 is 14.5 Å². The average molecular weight is 603 g/mol. The Morgan fingerprint density at radius 2 is 1.90 bits per heavy atom. The Morgan fingerprint density at radius 1 is 1.10 bits per heavy atom. The van der Waals surface area contributed by atoms with Gasteiger partial charge in [-0.1, -0.05) is 47.5 Å². The van der Waals surface area contributed by atoms with Crippen molar-refractivity contribution in [3.63, 3.8) is 0 Å². The number of nitrogens with zero attached hydrogens (tertiary/aromatic N) is 3. The summed E-state index contributed by atoms with van der Waals surface area (Å²) in [5, 5.41) is 11.7. The minimum atomic E-state index is -0.439. The zero-order chi connectivity index (χ0) is 29.5. The molecule has 11 heteroatoms. The molecule has 1 N–H and O–H groups in total. The van der Waals surface area contributed by atoms with Crippen LogP contribution in [0.3, 0.4) is 0 Å². The summed E-state index contributed by atoms with van der Waals surface area (Å²) in [4.78, 5) is 27.7. The number of rotatable bonds is 9. The maximum absolute atomic E-state index is 14.0. The summed E-state index contributed by atoms with van der Waals surface area (Å²) in [5.74, 6) is -0.224. The molecule has 0 radical (unpaired) electrons. The normalized spacial score (nSPS) is 15.2. The summed E-state index contributed by atoms with van der Waals surface area (Å²) in [6, 6.07) is 21.9. The molecule has 42 heavy (non-hydrogen) atoms. The molecule has 0 aliphatic carbocycles. The van der Waals surface area contributed by atoms with Crippen LogP contribution < -0.4 is 10.1 Å². The van der Waals surface area contributed by atoms with Crippen LogP contribution in [0.1, 0.15) is 22.5 Å².